The molecule has 0 amide bonds. The van der Waals surface area contributed by atoms with E-state index in [1.165, 1.54) is 37.6 Å². The molecule has 8 rings (SSSR count). The second kappa shape index (κ2) is 9.30. The molecular formula is C36H23N3S. The van der Waals surface area contributed by atoms with Crippen LogP contribution in [0.4, 0.5) is 0 Å². The Morgan fingerprint density at radius 3 is 2.25 bits per heavy atom. The van der Waals surface area contributed by atoms with E-state index in [2.05, 4.69) is 131 Å². The lowest BCUT2D eigenvalue weighted by Gasteiger charge is -2.10. The number of benzene rings is 5. The Kier molecular flexibility index (Phi) is 5.32. The molecule has 0 bridgehead atoms. The number of nitrogens with zero attached hydrogens (tertiary/aromatic N) is 3. The number of hydrogen-bond donors (Lipinski definition) is 0. The molecule has 0 aliphatic heterocycles. The molecule has 188 valence electrons. The van der Waals surface area contributed by atoms with Crippen molar-refractivity contribution < 1.29 is 0 Å². The summed E-state index contributed by atoms with van der Waals surface area (Å²) < 4.78 is 3.56. The molecule has 0 N–H and O–H groups in total. The first-order valence-corrected chi connectivity index (χ1v) is 14.2. The highest BCUT2D eigenvalue weighted by atomic mass is 32.1. The van der Waals surface area contributed by atoms with E-state index in [0.29, 0.717) is 0 Å². The lowest BCUT2D eigenvalue weighted by molar-refractivity contribution is 1.18. The highest BCUT2D eigenvalue weighted by Crippen LogP contribution is 2.39. The fraction of sp³-hybridized carbons (Fsp3) is 0. The van der Waals surface area contributed by atoms with Gasteiger partial charge in [0.25, 0.3) is 0 Å². The van der Waals surface area contributed by atoms with Crippen LogP contribution >= 0.6 is 11.3 Å². The Morgan fingerprint density at radius 2 is 1.35 bits per heavy atom. The van der Waals surface area contributed by atoms with Crippen molar-refractivity contribution in [3.8, 4) is 38.6 Å². The normalized spacial score (nSPS) is 11.5. The van der Waals surface area contributed by atoms with E-state index in [0.717, 1.165) is 33.0 Å². The molecule has 0 aliphatic rings. The summed E-state index contributed by atoms with van der Waals surface area (Å²) in [6.45, 7) is 0. The van der Waals surface area contributed by atoms with E-state index in [4.69, 9.17) is 4.98 Å². The molecule has 8 aromatic rings. The van der Waals surface area contributed by atoms with Crippen molar-refractivity contribution in [2.24, 2.45) is 0 Å². The number of thiazole rings is 1. The van der Waals surface area contributed by atoms with Crippen molar-refractivity contribution >= 4 is 43.4 Å². The van der Waals surface area contributed by atoms with Crippen molar-refractivity contribution in [1.29, 1.82) is 0 Å². The molecule has 0 atom stereocenters. The summed E-state index contributed by atoms with van der Waals surface area (Å²) in [5.74, 6) is 0. The minimum Gasteiger partial charge on any atom is -0.309 e. The fourth-order valence-corrected chi connectivity index (χ4v) is 6.63. The summed E-state index contributed by atoms with van der Waals surface area (Å²) >= 11 is 1.75. The molecule has 0 aliphatic carbocycles. The highest BCUT2D eigenvalue weighted by molar-refractivity contribution is 7.21. The van der Waals surface area contributed by atoms with Gasteiger partial charge < -0.3 is 4.57 Å². The summed E-state index contributed by atoms with van der Waals surface area (Å²) in [6, 6.07) is 47.0. The molecular weight excluding hydrogens is 506 g/mol. The van der Waals surface area contributed by atoms with Gasteiger partial charge in [-0.25, -0.2) is 4.98 Å². The molecule has 3 nitrogen and oxygen atoms in total. The van der Waals surface area contributed by atoms with Gasteiger partial charge in [-0.05, 0) is 48.0 Å². The zero-order chi connectivity index (χ0) is 26.5. The van der Waals surface area contributed by atoms with E-state index in [-0.39, 0.29) is 0 Å². The molecule has 0 radical (unpaired) electrons. The molecule has 0 unspecified atom stereocenters. The van der Waals surface area contributed by atoms with Gasteiger partial charge in [-0.1, -0.05) is 91.0 Å². The minimum atomic E-state index is 0.967. The Morgan fingerprint density at radius 1 is 0.550 bits per heavy atom. The number of fused-ring (bicyclic) bond motifs is 4. The minimum absolute atomic E-state index is 0.967. The van der Waals surface area contributed by atoms with Crippen LogP contribution in [0.2, 0.25) is 0 Å². The van der Waals surface area contributed by atoms with Crippen LogP contribution in [0.5, 0.6) is 0 Å². The first kappa shape index (κ1) is 22.9. The first-order chi connectivity index (χ1) is 19.8. The summed E-state index contributed by atoms with van der Waals surface area (Å²) in [5, 5.41) is 3.50. The Balaban J connectivity index is 1.33. The van der Waals surface area contributed by atoms with Gasteiger partial charge in [0.1, 0.15) is 5.01 Å². The van der Waals surface area contributed by atoms with Crippen molar-refractivity contribution in [3.63, 3.8) is 0 Å². The number of para-hydroxylation sites is 2. The van der Waals surface area contributed by atoms with Crippen LogP contribution in [0.15, 0.2) is 140 Å². The highest BCUT2D eigenvalue weighted by Gasteiger charge is 2.16. The average molecular weight is 530 g/mol. The van der Waals surface area contributed by atoms with Gasteiger partial charge >= 0.3 is 0 Å². The third-order valence-electron chi connectivity index (χ3n) is 7.49. The summed E-state index contributed by atoms with van der Waals surface area (Å²) in [4.78, 5) is 9.76. The standard InChI is InChI=1S/C36H23N3S/c1-2-10-24(11-3-1)28-15-9-18-34-35(28)38-36(40-34)26-19-20-30-29-14-4-5-17-32(29)39(33(30)23-26)27-13-8-12-25(22-27)31-16-6-7-21-37-31/h1-23H. The molecule has 5 aromatic carbocycles. The van der Waals surface area contributed by atoms with Gasteiger partial charge in [-0.3, -0.25) is 4.98 Å². The van der Waals surface area contributed by atoms with E-state index in [1.54, 1.807) is 11.3 Å². The van der Waals surface area contributed by atoms with Gasteiger partial charge in [-0.15, -0.1) is 11.3 Å². The maximum Gasteiger partial charge on any atom is 0.124 e. The number of rotatable bonds is 4. The summed E-state index contributed by atoms with van der Waals surface area (Å²) in [7, 11) is 0. The Bertz CT molecular complexity index is 2160. The van der Waals surface area contributed by atoms with E-state index < -0.39 is 0 Å². The first-order valence-electron chi connectivity index (χ1n) is 13.3. The van der Waals surface area contributed by atoms with Gasteiger partial charge in [0, 0.05) is 39.3 Å². The third kappa shape index (κ3) is 3.73. The average Bonchev–Trinajstić information content (AvgIpc) is 3.61. The molecule has 40 heavy (non-hydrogen) atoms. The van der Waals surface area contributed by atoms with E-state index >= 15 is 0 Å². The number of aromatic nitrogens is 3. The number of hydrogen-bond acceptors (Lipinski definition) is 3. The van der Waals surface area contributed by atoms with E-state index in [9.17, 15) is 0 Å². The zero-order valence-corrected chi connectivity index (χ0v) is 22.3. The lowest BCUT2D eigenvalue weighted by atomic mass is 10.0. The monoisotopic (exact) mass is 529 g/mol. The van der Waals surface area contributed by atoms with Crippen LogP contribution in [0.1, 0.15) is 0 Å². The second-order valence-corrected chi connectivity index (χ2v) is 10.9. The maximum atomic E-state index is 5.18. The van der Waals surface area contributed by atoms with Crippen LogP contribution in [0.25, 0.3) is 70.7 Å². The van der Waals surface area contributed by atoms with E-state index in [1.807, 2.05) is 18.3 Å². The van der Waals surface area contributed by atoms with Crippen molar-refractivity contribution in [3.05, 3.63) is 140 Å². The largest absolute Gasteiger partial charge is 0.309 e. The molecule has 3 heterocycles. The van der Waals surface area contributed by atoms with Crippen LogP contribution in [-0.4, -0.2) is 14.5 Å². The van der Waals surface area contributed by atoms with Crippen molar-refractivity contribution in [1.82, 2.24) is 14.5 Å². The Labute approximate surface area is 235 Å². The number of pyridine rings is 1. The molecule has 0 saturated carbocycles. The Hall–Kier alpha value is -5.06. The summed E-state index contributed by atoms with van der Waals surface area (Å²) in [5.41, 5.74) is 10.1. The van der Waals surface area contributed by atoms with Crippen LogP contribution < -0.4 is 0 Å². The molecule has 4 heteroatoms. The third-order valence-corrected chi connectivity index (χ3v) is 8.56. The predicted octanol–water partition coefficient (Wildman–Crippen LogP) is 9.79. The smallest absolute Gasteiger partial charge is 0.124 e. The SMILES string of the molecule is c1ccc(-c2cccc3sc(-c4ccc5c6ccccc6n(-c6cccc(-c7ccccn7)c6)c5c4)nc23)cc1. The van der Waals surface area contributed by atoms with Gasteiger partial charge in [0.2, 0.25) is 0 Å². The van der Waals surface area contributed by atoms with Gasteiger partial charge in [-0.2, -0.15) is 0 Å². The van der Waals surface area contributed by atoms with Crippen LogP contribution in [-0.2, 0) is 0 Å². The van der Waals surface area contributed by atoms with Crippen molar-refractivity contribution in [2.45, 2.75) is 0 Å². The molecule has 0 spiro atoms. The topological polar surface area (TPSA) is 30.7 Å². The quantitative estimate of drug-likeness (QED) is 0.227. The lowest BCUT2D eigenvalue weighted by Crippen LogP contribution is -1.95. The maximum absolute atomic E-state index is 5.18. The van der Waals surface area contributed by atoms with Gasteiger partial charge in [0.15, 0.2) is 0 Å². The predicted molar refractivity (Wildman–Crippen MR) is 168 cm³/mol. The molecule has 3 aromatic heterocycles. The van der Waals surface area contributed by atoms with Gasteiger partial charge in [0.05, 0.1) is 26.9 Å². The zero-order valence-electron chi connectivity index (χ0n) is 21.5. The molecule has 0 saturated heterocycles. The van der Waals surface area contributed by atoms with Crippen LogP contribution in [0, 0.1) is 0 Å². The fourth-order valence-electron chi connectivity index (χ4n) is 5.64. The molecule has 0 fully saturated rings. The summed E-state index contributed by atoms with van der Waals surface area (Å²) in [6.07, 6.45) is 1.84. The van der Waals surface area contributed by atoms with Crippen molar-refractivity contribution in [2.75, 3.05) is 0 Å². The van der Waals surface area contributed by atoms with Crippen LogP contribution in [0.3, 0.4) is 0 Å². The second-order valence-electron chi connectivity index (χ2n) is 9.89.